The van der Waals surface area contributed by atoms with E-state index in [4.69, 9.17) is 4.99 Å². The Labute approximate surface area is 154 Å². The zero-order valence-electron chi connectivity index (χ0n) is 17.5. The smallest absolute Gasteiger partial charge is 0.191 e. The Morgan fingerprint density at radius 1 is 1.24 bits per heavy atom. The molecule has 0 aromatic carbocycles. The lowest BCUT2D eigenvalue weighted by atomic mass is 10.1. The van der Waals surface area contributed by atoms with Crippen molar-refractivity contribution in [1.29, 1.82) is 0 Å². The number of rotatable bonds is 9. The highest BCUT2D eigenvalue weighted by molar-refractivity contribution is 5.80. The van der Waals surface area contributed by atoms with Crippen LogP contribution < -0.4 is 10.6 Å². The van der Waals surface area contributed by atoms with Crippen LogP contribution >= 0.6 is 0 Å². The highest BCUT2D eigenvalue weighted by Crippen LogP contribution is 2.14. The summed E-state index contributed by atoms with van der Waals surface area (Å²) in [6.07, 6.45) is 0.947. The molecule has 1 atom stereocenters. The number of guanidine groups is 1. The molecule has 0 saturated heterocycles. The number of hydrogen-bond acceptors (Lipinski definition) is 3. The zero-order chi connectivity index (χ0) is 19.0. The van der Waals surface area contributed by atoms with Crippen molar-refractivity contribution in [3.8, 4) is 0 Å². The van der Waals surface area contributed by atoms with Crippen LogP contribution in [0.15, 0.2) is 4.99 Å². The minimum absolute atomic E-state index is 0.298. The third-order valence-electron chi connectivity index (χ3n) is 4.69. The lowest BCUT2D eigenvalue weighted by Gasteiger charge is -2.24. The molecule has 1 rings (SSSR count). The molecule has 0 radical (unpaired) electrons. The van der Waals surface area contributed by atoms with Gasteiger partial charge in [0.15, 0.2) is 5.96 Å². The Morgan fingerprint density at radius 2 is 1.92 bits per heavy atom. The van der Waals surface area contributed by atoms with Crippen molar-refractivity contribution in [2.75, 3.05) is 26.2 Å². The van der Waals surface area contributed by atoms with Crippen molar-refractivity contribution in [3.05, 3.63) is 17.0 Å². The van der Waals surface area contributed by atoms with Crippen molar-refractivity contribution >= 4 is 5.96 Å². The molecule has 0 aliphatic carbocycles. The molecule has 2 N–H and O–H groups in total. The number of nitrogens with zero attached hydrogens (tertiary/aromatic N) is 4. The largest absolute Gasteiger partial charge is 0.357 e. The molecular weight excluding hydrogens is 312 g/mol. The molecule has 6 nitrogen and oxygen atoms in total. The second kappa shape index (κ2) is 10.4. The number of likely N-dealkylation sites (N-methyl/N-ethyl adjacent to an activating group) is 1. The van der Waals surface area contributed by atoms with Crippen LogP contribution in [0.25, 0.3) is 0 Å². The Hall–Kier alpha value is -1.56. The lowest BCUT2D eigenvalue weighted by molar-refractivity contribution is 0.240. The van der Waals surface area contributed by atoms with Crippen LogP contribution in [-0.4, -0.2) is 58.9 Å². The Balaban J connectivity index is 2.65. The highest BCUT2D eigenvalue weighted by Gasteiger charge is 2.14. The Bertz CT molecular complexity index is 546. The first-order valence-electron chi connectivity index (χ1n) is 9.58. The molecule has 1 aromatic heterocycles. The van der Waals surface area contributed by atoms with Gasteiger partial charge in [-0.3, -0.25) is 14.6 Å². The van der Waals surface area contributed by atoms with Gasteiger partial charge in [-0.15, -0.1) is 0 Å². The van der Waals surface area contributed by atoms with E-state index in [0.717, 1.165) is 44.3 Å². The minimum Gasteiger partial charge on any atom is -0.357 e. The van der Waals surface area contributed by atoms with Crippen molar-refractivity contribution in [2.24, 2.45) is 12.0 Å². The SMILES string of the molecule is CCNC(=NCCN(CC)C(C)C)NC(C)Cc1c(C)nn(C)c1C. The maximum atomic E-state index is 4.75. The molecule has 25 heavy (non-hydrogen) atoms. The van der Waals surface area contributed by atoms with Gasteiger partial charge in [-0.25, -0.2) is 0 Å². The monoisotopic (exact) mass is 350 g/mol. The van der Waals surface area contributed by atoms with E-state index in [0.29, 0.717) is 12.1 Å². The second-order valence-electron chi connectivity index (χ2n) is 7.01. The summed E-state index contributed by atoms with van der Waals surface area (Å²) in [5.41, 5.74) is 3.69. The molecule has 0 saturated carbocycles. The number of aliphatic imine (C=N–C) groups is 1. The van der Waals surface area contributed by atoms with Gasteiger partial charge in [0.05, 0.1) is 12.2 Å². The maximum Gasteiger partial charge on any atom is 0.191 e. The standard InChI is InChI=1S/C19H38N6/c1-9-20-19(21-11-12-25(10-2)14(3)4)22-15(5)13-18-16(6)23-24(8)17(18)7/h14-15H,9-13H2,1-8H3,(H2,20,21,22). The Morgan fingerprint density at radius 3 is 2.40 bits per heavy atom. The fraction of sp³-hybridized carbons (Fsp3) is 0.789. The summed E-state index contributed by atoms with van der Waals surface area (Å²) in [6.45, 7) is 18.9. The van der Waals surface area contributed by atoms with Crippen LogP contribution in [0.1, 0.15) is 51.6 Å². The fourth-order valence-corrected chi connectivity index (χ4v) is 3.10. The van der Waals surface area contributed by atoms with Crippen LogP contribution in [0, 0.1) is 13.8 Å². The first kappa shape index (κ1) is 21.5. The van der Waals surface area contributed by atoms with E-state index in [1.165, 1.54) is 11.3 Å². The summed E-state index contributed by atoms with van der Waals surface area (Å²) in [5, 5.41) is 11.4. The zero-order valence-corrected chi connectivity index (χ0v) is 17.5. The van der Waals surface area contributed by atoms with E-state index in [-0.39, 0.29) is 0 Å². The minimum atomic E-state index is 0.298. The molecule has 6 heteroatoms. The van der Waals surface area contributed by atoms with E-state index in [1.807, 2.05) is 11.7 Å². The molecule has 144 valence electrons. The van der Waals surface area contributed by atoms with Gasteiger partial charge in [0, 0.05) is 37.9 Å². The molecule has 0 amide bonds. The second-order valence-corrected chi connectivity index (χ2v) is 7.01. The van der Waals surface area contributed by atoms with Crippen molar-refractivity contribution in [1.82, 2.24) is 25.3 Å². The first-order valence-corrected chi connectivity index (χ1v) is 9.58. The van der Waals surface area contributed by atoms with Crippen LogP contribution in [-0.2, 0) is 13.5 Å². The predicted molar refractivity (Wildman–Crippen MR) is 107 cm³/mol. The normalized spacial score (nSPS) is 13.6. The van der Waals surface area contributed by atoms with Gasteiger partial charge >= 0.3 is 0 Å². The molecule has 0 fully saturated rings. The number of hydrogen-bond donors (Lipinski definition) is 2. The number of aryl methyl sites for hydroxylation is 2. The third kappa shape index (κ3) is 6.69. The van der Waals surface area contributed by atoms with Crippen LogP contribution in [0.5, 0.6) is 0 Å². The molecular formula is C19H38N6. The quantitative estimate of drug-likeness (QED) is 0.530. The lowest BCUT2D eigenvalue weighted by Crippen LogP contribution is -2.43. The van der Waals surface area contributed by atoms with Gasteiger partial charge < -0.3 is 10.6 Å². The van der Waals surface area contributed by atoms with Crippen LogP contribution in [0.2, 0.25) is 0 Å². The average molecular weight is 351 g/mol. The molecule has 0 aliphatic heterocycles. The van der Waals surface area contributed by atoms with Crippen molar-refractivity contribution < 1.29 is 0 Å². The van der Waals surface area contributed by atoms with Crippen molar-refractivity contribution in [3.63, 3.8) is 0 Å². The van der Waals surface area contributed by atoms with E-state index < -0.39 is 0 Å². The van der Waals surface area contributed by atoms with Crippen molar-refractivity contribution in [2.45, 2.75) is 67.0 Å². The molecule has 1 heterocycles. The van der Waals surface area contributed by atoms with Gasteiger partial charge in [-0.05, 0) is 60.1 Å². The summed E-state index contributed by atoms with van der Waals surface area (Å²) in [4.78, 5) is 7.18. The van der Waals surface area contributed by atoms with E-state index in [9.17, 15) is 0 Å². The summed E-state index contributed by atoms with van der Waals surface area (Å²) in [5.74, 6) is 0.897. The molecule has 1 unspecified atom stereocenters. The average Bonchev–Trinajstić information content (AvgIpc) is 2.77. The number of nitrogens with one attached hydrogen (secondary N) is 2. The molecule has 0 spiro atoms. The van der Waals surface area contributed by atoms with Gasteiger partial charge in [-0.1, -0.05) is 6.92 Å². The maximum absolute atomic E-state index is 4.75. The predicted octanol–water partition coefficient (Wildman–Crippen LogP) is 2.25. The topological polar surface area (TPSA) is 57.5 Å². The summed E-state index contributed by atoms with van der Waals surface area (Å²) < 4.78 is 1.96. The summed E-state index contributed by atoms with van der Waals surface area (Å²) >= 11 is 0. The Kier molecular flexibility index (Phi) is 8.97. The molecule has 1 aromatic rings. The first-order chi connectivity index (χ1) is 11.8. The fourth-order valence-electron chi connectivity index (χ4n) is 3.10. The van der Waals surface area contributed by atoms with Crippen LogP contribution in [0.4, 0.5) is 0 Å². The van der Waals surface area contributed by atoms with Gasteiger partial charge in [-0.2, -0.15) is 5.10 Å². The summed E-state index contributed by atoms with van der Waals surface area (Å²) in [7, 11) is 2.00. The molecule has 0 aliphatic rings. The van der Waals surface area contributed by atoms with E-state index in [1.54, 1.807) is 0 Å². The van der Waals surface area contributed by atoms with E-state index >= 15 is 0 Å². The summed E-state index contributed by atoms with van der Waals surface area (Å²) in [6, 6.07) is 0.859. The number of aromatic nitrogens is 2. The van der Waals surface area contributed by atoms with E-state index in [2.05, 4.69) is 69.1 Å². The van der Waals surface area contributed by atoms with Gasteiger partial charge in [0.25, 0.3) is 0 Å². The highest BCUT2D eigenvalue weighted by atomic mass is 15.3. The third-order valence-corrected chi connectivity index (χ3v) is 4.69. The van der Waals surface area contributed by atoms with Crippen LogP contribution in [0.3, 0.4) is 0 Å². The van der Waals surface area contributed by atoms with Gasteiger partial charge in [0.2, 0.25) is 0 Å². The molecule has 0 bridgehead atoms. The van der Waals surface area contributed by atoms with Gasteiger partial charge in [0.1, 0.15) is 0 Å².